The molecule has 1 unspecified atom stereocenters. The van der Waals surface area contributed by atoms with E-state index in [0.29, 0.717) is 19.6 Å². The van der Waals surface area contributed by atoms with Crippen LogP contribution < -0.4 is 16.0 Å². The van der Waals surface area contributed by atoms with E-state index in [4.69, 9.17) is 5.73 Å². The van der Waals surface area contributed by atoms with Gasteiger partial charge in [-0.25, -0.2) is 0 Å². The van der Waals surface area contributed by atoms with Gasteiger partial charge in [0.25, 0.3) is 0 Å². The number of nitrogens with one attached hydrogen (secondary N) is 1. The van der Waals surface area contributed by atoms with Crippen molar-refractivity contribution < 1.29 is 9.59 Å². The highest BCUT2D eigenvalue weighted by molar-refractivity contribution is 6.00. The van der Waals surface area contributed by atoms with Crippen LogP contribution in [0.15, 0.2) is 24.3 Å². The Labute approximate surface area is 150 Å². The third kappa shape index (κ3) is 5.49. The molecule has 1 heterocycles. The molecule has 5 nitrogen and oxygen atoms in total. The lowest BCUT2D eigenvalue weighted by Crippen LogP contribution is -2.34. The van der Waals surface area contributed by atoms with Crippen LogP contribution in [0.25, 0.3) is 0 Å². The SMILES string of the molecule is CCCCc1ccc(N2CC(C(=O)NCCCN)CC2=O)cc1.Cl. The standard InChI is InChI=1S/C18H27N3O2.ClH/c1-2-3-5-14-6-8-16(9-7-14)21-13-15(12-17(21)22)18(23)20-11-4-10-19;/h6-9,15H,2-5,10-13,19H2,1H3,(H,20,23);1H. The van der Waals surface area contributed by atoms with Crippen molar-refractivity contribution in [2.75, 3.05) is 24.5 Å². The Morgan fingerprint density at radius 1 is 1.29 bits per heavy atom. The van der Waals surface area contributed by atoms with Crippen LogP contribution in [0, 0.1) is 5.92 Å². The van der Waals surface area contributed by atoms with Gasteiger partial charge in [-0.3, -0.25) is 9.59 Å². The van der Waals surface area contributed by atoms with Gasteiger partial charge in [-0.1, -0.05) is 25.5 Å². The zero-order valence-electron chi connectivity index (χ0n) is 14.3. The number of halogens is 1. The van der Waals surface area contributed by atoms with E-state index in [2.05, 4.69) is 24.4 Å². The second-order valence-electron chi connectivity index (χ2n) is 6.11. The summed E-state index contributed by atoms with van der Waals surface area (Å²) in [6, 6.07) is 8.12. The number of aryl methyl sites for hydroxylation is 1. The monoisotopic (exact) mass is 353 g/mol. The van der Waals surface area contributed by atoms with E-state index in [0.717, 1.165) is 18.5 Å². The molecular weight excluding hydrogens is 326 g/mol. The number of hydrogen-bond acceptors (Lipinski definition) is 3. The molecule has 6 heteroatoms. The number of carbonyl (C=O) groups excluding carboxylic acids is 2. The van der Waals surface area contributed by atoms with Crippen molar-refractivity contribution >= 4 is 29.9 Å². The fourth-order valence-electron chi connectivity index (χ4n) is 2.81. The molecule has 1 fully saturated rings. The van der Waals surface area contributed by atoms with Gasteiger partial charge in [-0.15, -0.1) is 12.4 Å². The van der Waals surface area contributed by atoms with E-state index >= 15 is 0 Å². The molecular formula is C18H28ClN3O2. The molecule has 0 aromatic heterocycles. The first-order valence-corrected chi connectivity index (χ1v) is 8.52. The van der Waals surface area contributed by atoms with Crippen molar-refractivity contribution in [1.82, 2.24) is 5.32 Å². The summed E-state index contributed by atoms with van der Waals surface area (Å²) >= 11 is 0. The van der Waals surface area contributed by atoms with Gasteiger partial charge in [0.2, 0.25) is 11.8 Å². The normalized spacial score (nSPS) is 16.8. The first-order valence-electron chi connectivity index (χ1n) is 8.52. The number of hydrogen-bond donors (Lipinski definition) is 2. The van der Waals surface area contributed by atoms with Crippen LogP contribution >= 0.6 is 12.4 Å². The second-order valence-corrected chi connectivity index (χ2v) is 6.11. The molecule has 0 bridgehead atoms. The van der Waals surface area contributed by atoms with E-state index in [1.807, 2.05) is 12.1 Å². The Hall–Kier alpha value is -1.59. The Bertz CT molecular complexity index is 534. The largest absolute Gasteiger partial charge is 0.356 e. The number of nitrogens with zero attached hydrogens (tertiary/aromatic N) is 1. The Balaban J connectivity index is 0.00000288. The maximum atomic E-state index is 12.2. The van der Waals surface area contributed by atoms with Gasteiger partial charge in [-0.05, 0) is 43.5 Å². The van der Waals surface area contributed by atoms with Crippen molar-refractivity contribution in [1.29, 1.82) is 0 Å². The topological polar surface area (TPSA) is 75.4 Å². The summed E-state index contributed by atoms with van der Waals surface area (Å²) in [5, 5.41) is 2.85. The second kappa shape index (κ2) is 10.3. The summed E-state index contributed by atoms with van der Waals surface area (Å²) in [5.74, 6) is -0.292. The molecule has 2 amide bonds. The maximum absolute atomic E-state index is 12.2. The molecule has 0 radical (unpaired) electrons. The third-order valence-electron chi connectivity index (χ3n) is 4.24. The van der Waals surface area contributed by atoms with E-state index in [1.54, 1.807) is 4.90 Å². The van der Waals surface area contributed by atoms with Gasteiger partial charge < -0.3 is 16.0 Å². The Kier molecular flexibility index (Phi) is 8.79. The van der Waals surface area contributed by atoms with E-state index in [9.17, 15) is 9.59 Å². The van der Waals surface area contributed by atoms with Crippen LogP contribution in [0.3, 0.4) is 0 Å². The van der Waals surface area contributed by atoms with Crippen LogP contribution in [0.4, 0.5) is 5.69 Å². The number of nitrogens with two attached hydrogens (primary N) is 1. The minimum absolute atomic E-state index is 0. The van der Waals surface area contributed by atoms with E-state index in [1.165, 1.54) is 18.4 Å². The third-order valence-corrected chi connectivity index (χ3v) is 4.24. The number of benzene rings is 1. The maximum Gasteiger partial charge on any atom is 0.227 e. The zero-order chi connectivity index (χ0) is 16.7. The molecule has 1 aromatic rings. The Morgan fingerprint density at radius 3 is 2.62 bits per heavy atom. The summed E-state index contributed by atoms with van der Waals surface area (Å²) in [6.07, 6.45) is 4.46. The fourth-order valence-corrected chi connectivity index (χ4v) is 2.81. The summed E-state index contributed by atoms with van der Waals surface area (Å²) < 4.78 is 0. The molecule has 0 aliphatic carbocycles. The zero-order valence-corrected chi connectivity index (χ0v) is 15.1. The highest BCUT2D eigenvalue weighted by Gasteiger charge is 2.34. The van der Waals surface area contributed by atoms with Crippen molar-refractivity contribution in [2.24, 2.45) is 11.7 Å². The van der Waals surface area contributed by atoms with Gasteiger partial charge in [0.05, 0.1) is 5.92 Å². The Morgan fingerprint density at radius 2 is 2.00 bits per heavy atom. The molecule has 0 spiro atoms. The smallest absolute Gasteiger partial charge is 0.227 e. The molecule has 1 atom stereocenters. The molecule has 0 saturated carbocycles. The minimum atomic E-state index is -0.264. The lowest BCUT2D eigenvalue weighted by atomic mass is 10.1. The molecule has 1 aliphatic rings. The van der Waals surface area contributed by atoms with E-state index < -0.39 is 0 Å². The summed E-state index contributed by atoms with van der Waals surface area (Å²) in [5.41, 5.74) is 7.59. The predicted octanol–water partition coefficient (Wildman–Crippen LogP) is 2.27. The van der Waals surface area contributed by atoms with Crippen molar-refractivity contribution in [3.63, 3.8) is 0 Å². The molecule has 1 aromatic carbocycles. The summed E-state index contributed by atoms with van der Waals surface area (Å²) in [6.45, 7) is 3.77. The average molecular weight is 354 g/mol. The fraction of sp³-hybridized carbons (Fsp3) is 0.556. The number of carbonyl (C=O) groups is 2. The highest BCUT2D eigenvalue weighted by atomic mass is 35.5. The molecule has 2 rings (SSSR count). The van der Waals surface area contributed by atoms with Gasteiger partial charge in [-0.2, -0.15) is 0 Å². The predicted molar refractivity (Wildman–Crippen MR) is 99.4 cm³/mol. The van der Waals surface area contributed by atoms with E-state index in [-0.39, 0.29) is 36.6 Å². The van der Waals surface area contributed by atoms with Crippen molar-refractivity contribution in [3.8, 4) is 0 Å². The summed E-state index contributed by atoms with van der Waals surface area (Å²) in [7, 11) is 0. The quantitative estimate of drug-likeness (QED) is 0.704. The van der Waals surface area contributed by atoms with Crippen LogP contribution in [0.2, 0.25) is 0 Å². The molecule has 1 saturated heterocycles. The van der Waals surface area contributed by atoms with Gasteiger partial charge in [0.15, 0.2) is 0 Å². The van der Waals surface area contributed by atoms with Crippen molar-refractivity contribution in [2.45, 2.75) is 39.0 Å². The van der Waals surface area contributed by atoms with Gasteiger partial charge in [0.1, 0.15) is 0 Å². The molecule has 24 heavy (non-hydrogen) atoms. The van der Waals surface area contributed by atoms with Crippen LogP contribution in [-0.2, 0) is 16.0 Å². The average Bonchev–Trinajstić information content (AvgIpc) is 2.95. The lowest BCUT2D eigenvalue weighted by molar-refractivity contribution is -0.126. The molecule has 3 N–H and O–H groups in total. The van der Waals surface area contributed by atoms with Crippen LogP contribution in [0.5, 0.6) is 0 Å². The van der Waals surface area contributed by atoms with Gasteiger partial charge >= 0.3 is 0 Å². The number of amides is 2. The first-order chi connectivity index (χ1) is 11.2. The highest BCUT2D eigenvalue weighted by Crippen LogP contribution is 2.25. The first kappa shape index (κ1) is 20.5. The molecule has 1 aliphatic heterocycles. The molecule has 134 valence electrons. The number of anilines is 1. The van der Waals surface area contributed by atoms with Crippen LogP contribution in [0.1, 0.15) is 38.2 Å². The lowest BCUT2D eigenvalue weighted by Gasteiger charge is -2.17. The summed E-state index contributed by atoms with van der Waals surface area (Å²) in [4.78, 5) is 26.0. The van der Waals surface area contributed by atoms with Gasteiger partial charge in [0, 0.05) is 25.2 Å². The van der Waals surface area contributed by atoms with Crippen LogP contribution in [-0.4, -0.2) is 31.4 Å². The number of unbranched alkanes of at least 4 members (excludes halogenated alkanes) is 1. The number of rotatable bonds is 8. The van der Waals surface area contributed by atoms with Crippen molar-refractivity contribution in [3.05, 3.63) is 29.8 Å². The minimum Gasteiger partial charge on any atom is -0.356 e.